The number of nitrogens with zero attached hydrogens (tertiary/aromatic N) is 1. The highest BCUT2D eigenvalue weighted by Gasteiger charge is 2.35. The van der Waals surface area contributed by atoms with E-state index < -0.39 is 6.04 Å². The normalized spacial score (nSPS) is 17.1. The van der Waals surface area contributed by atoms with Crippen molar-refractivity contribution in [1.29, 1.82) is 0 Å². The summed E-state index contributed by atoms with van der Waals surface area (Å²) < 4.78 is 5.10. The van der Waals surface area contributed by atoms with Crippen LogP contribution in [0.2, 0.25) is 0 Å². The molecule has 1 aromatic heterocycles. The molecule has 1 aromatic carbocycles. The number of benzene rings is 1. The second kappa shape index (κ2) is 7.06. The molecule has 1 aliphatic rings. The van der Waals surface area contributed by atoms with Gasteiger partial charge in [0.15, 0.2) is 0 Å². The van der Waals surface area contributed by atoms with Crippen LogP contribution in [0.25, 0.3) is 0 Å². The van der Waals surface area contributed by atoms with Crippen molar-refractivity contribution in [2.24, 2.45) is 0 Å². The number of hydrogen-bond acceptors (Lipinski definition) is 5. The molecule has 120 valence electrons. The maximum atomic E-state index is 12.5. The third kappa shape index (κ3) is 3.51. The molecule has 0 radical (unpaired) electrons. The van der Waals surface area contributed by atoms with E-state index >= 15 is 0 Å². The van der Waals surface area contributed by atoms with Gasteiger partial charge in [-0.25, -0.2) is 0 Å². The lowest BCUT2D eigenvalue weighted by molar-refractivity contribution is -0.119. The number of thioether (sulfide) groups is 1. The van der Waals surface area contributed by atoms with E-state index in [1.807, 2.05) is 10.8 Å². The summed E-state index contributed by atoms with van der Waals surface area (Å²) in [6.45, 7) is 0. The van der Waals surface area contributed by atoms with Crippen LogP contribution < -0.4 is 10.1 Å². The molecular formula is C16H16N2O3S2. The van der Waals surface area contributed by atoms with Gasteiger partial charge >= 0.3 is 0 Å². The molecule has 23 heavy (non-hydrogen) atoms. The van der Waals surface area contributed by atoms with Crippen molar-refractivity contribution in [1.82, 2.24) is 4.90 Å². The molecule has 0 saturated carbocycles. The van der Waals surface area contributed by atoms with Crippen LogP contribution in [-0.4, -0.2) is 41.5 Å². The largest absolute Gasteiger partial charge is 0.497 e. The topological polar surface area (TPSA) is 58.6 Å². The molecule has 0 bridgehead atoms. The summed E-state index contributed by atoms with van der Waals surface area (Å²) in [4.78, 5) is 26.6. The fourth-order valence-corrected chi connectivity index (χ4v) is 4.10. The third-order valence-corrected chi connectivity index (χ3v) is 5.27. The van der Waals surface area contributed by atoms with Gasteiger partial charge in [-0.1, -0.05) is 0 Å². The zero-order valence-electron chi connectivity index (χ0n) is 12.5. The molecule has 0 unspecified atom stereocenters. The first kappa shape index (κ1) is 15.9. The van der Waals surface area contributed by atoms with Gasteiger partial charge in [0.1, 0.15) is 11.8 Å². The Labute approximate surface area is 142 Å². The Morgan fingerprint density at radius 2 is 2.04 bits per heavy atom. The fourth-order valence-electron chi connectivity index (χ4n) is 2.31. The molecule has 0 spiro atoms. The number of nitrogens with one attached hydrogen (secondary N) is 1. The lowest BCUT2D eigenvalue weighted by Crippen LogP contribution is -2.44. The van der Waals surface area contributed by atoms with Gasteiger partial charge in [0.25, 0.3) is 5.91 Å². The average molecular weight is 348 g/mol. The molecule has 3 rings (SSSR count). The van der Waals surface area contributed by atoms with Gasteiger partial charge in [-0.3, -0.25) is 9.59 Å². The van der Waals surface area contributed by atoms with Crippen molar-refractivity contribution in [3.63, 3.8) is 0 Å². The Kier molecular flexibility index (Phi) is 4.88. The number of thiophene rings is 1. The average Bonchev–Trinajstić information content (AvgIpc) is 3.26. The van der Waals surface area contributed by atoms with Crippen LogP contribution in [0, 0.1) is 0 Å². The molecule has 2 aromatic rings. The second-order valence-corrected chi connectivity index (χ2v) is 6.80. The number of anilines is 1. The maximum absolute atomic E-state index is 12.5. The zero-order valence-corrected chi connectivity index (χ0v) is 14.2. The molecule has 1 saturated heterocycles. The molecule has 2 heterocycles. The van der Waals surface area contributed by atoms with Crippen LogP contribution in [0.3, 0.4) is 0 Å². The number of amides is 2. The summed E-state index contributed by atoms with van der Waals surface area (Å²) in [5.74, 6) is 1.62. The standard InChI is InChI=1S/C16H16N2O3S2/c1-21-13-4-2-12(3-5-13)17-15(19)14-9-23-10-18(14)16(20)11-6-7-22-8-11/h2-8,14H,9-10H2,1H3,(H,17,19)/t14-/m1/s1. The third-order valence-electron chi connectivity index (χ3n) is 3.57. The first-order valence-corrected chi connectivity index (χ1v) is 9.14. The summed E-state index contributed by atoms with van der Waals surface area (Å²) >= 11 is 3.06. The minimum absolute atomic E-state index is 0.0915. The Morgan fingerprint density at radius 3 is 2.70 bits per heavy atom. The molecule has 2 amide bonds. The predicted molar refractivity (Wildman–Crippen MR) is 93.2 cm³/mol. The Bertz CT molecular complexity index is 686. The Hall–Kier alpha value is -1.99. The van der Waals surface area contributed by atoms with E-state index in [-0.39, 0.29) is 11.8 Å². The second-order valence-electron chi connectivity index (χ2n) is 5.02. The maximum Gasteiger partial charge on any atom is 0.256 e. The van der Waals surface area contributed by atoms with Gasteiger partial charge in [-0.05, 0) is 35.7 Å². The minimum atomic E-state index is -0.450. The quantitative estimate of drug-likeness (QED) is 0.923. The van der Waals surface area contributed by atoms with Gasteiger partial charge in [0.05, 0.1) is 18.6 Å². The summed E-state index contributed by atoms with van der Waals surface area (Å²) in [6.07, 6.45) is 0. The lowest BCUT2D eigenvalue weighted by atomic mass is 10.2. The zero-order chi connectivity index (χ0) is 16.2. The molecule has 1 aliphatic heterocycles. The molecule has 1 N–H and O–H groups in total. The predicted octanol–water partition coefficient (Wildman–Crippen LogP) is 2.91. The SMILES string of the molecule is COc1ccc(NC(=O)[C@H]2CSCN2C(=O)c2ccsc2)cc1. The lowest BCUT2D eigenvalue weighted by Gasteiger charge is -2.22. The molecule has 1 atom stereocenters. The highest BCUT2D eigenvalue weighted by Crippen LogP contribution is 2.25. The van der Waals surface area contributed by atoms with Crippen molar-refractivity contribution >= 4 is 40.6 Å². The summed E-state index contributed by atoms with van der Waals surface area (Å²) in [5, 5.41) is 6.54. The van der Waals surface area contributed by atoms with Crippen molar-refractivity contribution in [3.05, 3.63) is 46.7 Å². The fraction of sp³-hybridized carbons (Fsp3) is 0.250. The Balaban J connectivity index is 1.69. The first-order valence-electron chi connectivity index (χ1n) is 7.05. The van der Waals surface area contributed by atoms with Crippen molar-refractivity contribution in [3.8, 4) is 5.75 Å². The van der Waals surface area contributed by atoms with Crippen LogP contribution in [0.1, 0.15) is 10.4 Å². The smallest absolute Gasteiger partial charge is 0.256 e. The van der Waals surface area contributed by atoms with Crippen molar-refractivity contribution < 1.29 is 14.3 Å². The number of ether oxygens (including phenoxy) is 1. The van der Waals surface area contributed by atoms with Crippen LogP contribution in [0.15, 0.2) is 41.1 Å². The van der Waals surface area contributed by atoms with E-state index in [4.69, 9.17) is 4.74 Å². The number of carbonyl (C=O) groups is 2. The summed E-state index contributed by atoms with van der Waals surface area (Å²) in [7, 11) is 1.59. The summed E-state index contributed by atoms with van der Waals surface area (Å²) in [5.41, 5.74) is 1.33. The van der Waals surface area contributed by atoms with E-state index in [0.29, 0.717) is 22.9 Å². The van der Waals surface area contributed by atoms with Crippen LogP contribution in [0.4, 0.5) is 5.69 Å². The number of rotatable bonds is 4. The highest BCUT2D eigenvalue weighted by atomic mass is 32.2. The minimum Gasteiger partial charge on any atom is -0.497 e. The first-order chi connectivity index (χ1) is 11.2. The van der Waals surface area contributed by atoms with E-state index in [0.717, 1.165) is 5.75 Å². The number of carbonyl (C=O) groups excluding carboxylic acids is 2. The van der Waals surface area contributed by atoms with E-state index in [1.54, 1.807) is 54.1 Å². The van der Waals surface area contributed by atoms with Gasteiger partial charge in [-0.15, -0.1) is 11.8 Å². The van der Waals surface area contributed by atoms with Crippen molar-refractivity contribution in [2.75, 3.05) is 24.1 Å². The van der Waals surface area contributed by atoms with Gasteiger partial charge < -0.3 is 15.0 Å². The number of hydrogen-bond donors (Lipinski definition) is 1. The molecule has 1 fully saturated rings. The van der Waals surface area contributed by atoms with E-state index in [1.165, 1.54) is 11.3 Å². The van der Waals surface area contributed by atoms with Crippen molar-refractivity contribution in [2.45, 2.75) is 6.04 Å². The van der Waals surface area contributed by atoms with E-state index in [2.05, 4.69) is 5.32 Å². The monoisotopic (exact) mass is 348 g/mol. The molecule has 5 nitrogen and oxygen atoms in total. The van der Waals surface area contributed by atoms with Crippen LogP contribution in [-0.2, 0) is 4.79 Å². The van der Waals surface area contributed by atoms with E-state index in [9.17, 15) is 9.59 Å². The Morgan fingerprint density at radius 1 is 1.26 bits per heavy atom. The number of methoxy groups -OCH3 is 1. The van der Waals surface area contributed by atoms with Gasteiger partial charge in [0.2, 0.25) is 5.91 Å². The summed E-state index contributed by atoms with van der Waals surface area (Å²) in [6, 6.07) is 8.47. The van der Waals surface area contributed by atoms with Crippen LogP contribution >= 0.6 is 23.1 Å². The van der Waals surface area contributed by atoms with Crippen LogP contribution in [0.5, 0.6) is 5.75 Å². The molecule has 0 aliphatic carbocycles. The molecule has 7 heteroatoms. The molecular weight excluding hydrogens is 332 g/mol. The van der Waals surface area contributed by atoms with Gasteiger partial charge in [0, 0.05) is 16.8 Å². The highest BCUT2D eigenvalue weighted by molar-refractivity contribution is 7.99. The van der Waals surface area contributed by atoms with Gasteiger partial charge in [-0.2, -0.15) is 11.3 Å².